The molecule has 0 saturated heterocycles. The van der Waals surface area contributed by atoms with Crippen molar-refractivity contribution in [3.63, 3.8) is 0 Å². The molecule has 0 saturated carbocycles. The number of hydrogen-bond acceptors (Lipinski definition) is 1. The van der Waals surface area contributed by atoms with Gasteiger partial charge in [0.1, 0.15) is 0 Å². The number of rotatable bonds is 6. The Morgan fingerprint density at radius 3 is 1.89 bits per heavy atom. The van der Waals surface area contributed by atoms with Gasteiger partial charge in [0.25, 0.3) is 0 Å². The van der Waals surface area contributed by atoms with Crippen LogP contribution in [0.15, 0.2) is 73.3 Å². The quantitative estimate of drug-likeness (QED) is 0.433. The molecular weight excluding hydrogens is 236 g/mol. The summed E-state index contributed by atoms with van der Waals surface area (Å²) in [4.78, 5) is 0. The molecule has 0 fully saturated rings. The second kappa shape index (κ2) is 6.94. The van der Waals surface area contributed by atoms with E-state index in [9.17, 15) is 0 Å². The van der Waals surface area contributed by atoms with Crippen molar-refractivity contribution < 1.29 is 4.43 Å². The van der Waals surface area contributed by atoms with E-state index in [1.54, 1.807) is 6.08 Å². The van der Waals surface area contributed by atoms with E-state index in [4.69, 9.17) is 4.43 Å². The maximum Gasteiger partial charge on any atom is 0.243 e. The lowest BCUT2D eigenvalue weighted by Gasteiger charge is -2.16. The van der Waals surface area contributed by atoms with Crippen molar-refractivity contribution in [2.24, 2.45) is 0 Å². The third-order valence-electron chi connectivity index (χ3n) is 2.67. The van der Waals surface area contributed by atoms with Crippen molar-refractivity contribution in [1.29, 1.82) is 0 Å². The van der Waals surface area contributed by atoms with E-state index in [-0.39, 0.29) is 0 Å². The Morgan fingerprint density at radius 1 is 0.944 bits per heavy atom. The van der Waals surface area contributed by atoms with Gasteiger partial charge in [-0.2, -0.15) is 0 Å². The van der Waals surface area contributed by atoms with Crippen LogP contribution >= 0.6 is 0 Å². The van der Waals surface area contributed by atoms with Crippen LogP contribution in [0.25, 0.3) is 0 Å². The molecule has 0 bridgehead atoms. The molecule has 0 atom stereocenters. The van der Waals surface area contributed by atoms with Gasteiger partial charge in [0.05, 0.1) is 6.61 Å². The smallest absolute Gasteiger partial charge is 0.243 e. The Hall–Kier alpha value is -1.64. The Balaban J connectivity index is 2.21. The average molecular weight is 252 g/mol. The Labute approximate surface area is 111 Å². The SMILES string of the molecule is C=CCO[Si]C(c1ccccc1)c1ccccc1. The van der Waals surface area contributed by atoms with Crippen molar-refractivity contribution in [2.45, 2.75) is 5.54 Å². The summed E-state index contributed by atoms with van der Waals surface area (Å²) < 4.78 is 5.66. The molecule has 2 aromatic carbocycles. The minimum absolute atomic E-state index is 0.312. The van der Waals surface area contributed by atoms with E-state index in [1.165, 1.54) is 11.1 Å². The first-order valence-corrected chi connectivity index (χ1v) is 6.98. The molecule has 18 heavy (non-hydrogen) atoms. The van der Waals surface area contributed by atoms with Gasteiger partial charge < -0.3 is 4.43 Å². The van der Waals surface area contributed by atoms with E-state index < -0.39 is 0 Å². The molecule has 2 heteroatoms. The predicted octanol–water partition coefficient (Wildman–Crippen LogP) is 3.60. The van der Waals surface area contributed by atoms with E-state index in [1.807, 2.05) is 12.1 Å². The molecule has 2 rings (SSSR count). The summed E-state index contributed by atoms with van der Waals surface area (Å²) in [5.74, 6) is 0. The van der Waals surface area contributed by atoms with Crippen molar-refractivity contribution in [3.8, 4) is 0 Å². The van der Waals surface area contributed by atoms with Crippen LogP contribution in [0.1, 0.15) is 16.7 Å². The second-order valence-corrected chi connectivity index (χ2v) is 5.07. The highest BCUT2D eigenvalue weighted by Crippen LogP contribution is 2.23. The molecule has 1 nitrogen and oxygen atoms in total. The Kier molecular flexibility index (Phi) is 4.94. The molecule has 0 unspecified atom stereocenters. The van der Waals surface area contributed by atoms with Gasteiger partial charge in [-0.25, -0.2) is 0 Å². The average Bonchev–Trinajstić information content (AvgIpc) is 2.46. The van der Waals surface area contributed by atoms with Crippen LogP contribution in [0.4, 0.5) is 0 Å². The van der Waals surface area contributed by atoms with Crippen LogP contribution in [-0.2, 0) is 4.43 Å². The van der Waals surface area contributed by atoms with Gasteiger partial charge >= 0.3 is 0 Å². The van der Waals surface area contributed by atoms with Gasteiger partial charge in [0.15, 0.2) is 0 Å². The van der Waals surface area contributed by atoms with Crippen LogP contribution in [0, 0.1) is 0 Å². The number of hydrogen-bond donors (Lipinski definition) is 0. The van der Waals surface area contributed by atoms with Gasteiger partial charge in [-0.15, -0.1) is 6.58 Å². The minimum atomic E-state index is 0.312. The summed E-state index contributed by atoms with van der Waals surface area (Å²) in [6.45, 7) is 4.29. The lowest BCUT2D eigenvalue weighted by Crippen LogP contribution is -2.13. The van der Waals surface area contributed by atoms with Crippen molar-refractivity contribution >= 4 is 9.76 Å². The Morgan fingerprint density at radius 2 is 1.44 bits per heavy atom. The zero-order valence-corrected chi connectivity index (χ0v) is 11.3. The van der Waals surface area contributed by atoms with Gasteiger partial charge in [-0.05, 0) is 11.1 Å². The summed E-state index contributed by atoms with van der Waals surface area (Å²) in [5.41, 5.74) is 2.91. The van der Waals surface area contributed by atoms with Gasteiger partial charge in [0, 0.05) is 5.54 Å². The topological polar surface area (TPSA) is 9.23 Å². The van der Waals surface area contributed by atoms with Crippen LogP contribution in [0.5, 0.6) is 0 Å². The van der Waals surface area contributed by atoms with E-state index in [0.717, 1.165) is 0 Å². The third kappa shape index (κ3) is 3.42. The monoisotopic (exact) mass is 252 g/mol. The molecular formula is C16H16OSi. The standard InChI is InChI=1S/C16H16OSi/c1-2-13-17-18-16(14-9-5-3-6-10-14)15-11-7-4-8-12-15/h2-12,16H,1,13H2. The highest BCUT2D eigenvalue weighted by Gasteiger charge is 2.15. The summed E-state index contributed by atoms with van der Waals surface area (Å²) in [5, 5.41) is 0. The summed E-state index contributed by atoms with van der Waals surface area (Å²) in [7, 11) is 0.414. The van der Waals surface area contributed by atoms with Crippen LogP contribution in [0.3, 0.4) is 0 Å². The van der Waals surface area contributed by atoms with Gasteiger partial charge in [-0.1, -0.05) is 66.7 Å². The van der Waals surface area contributed by atoms with E-state index in [0.29, 0.717) is 21.9 Å². The van der Waals surface area contributed by atoms with Crippen molar-refractivity contribution in [3.05, 3.63) is 84.4 Å². The second-order valence-electron chi connectivity index (χ2n) is 3.97. The summed E-state index contributed by atoms with van der Waals surface area (Å²) in [6.07, 6.45) is 1.79. The molecule has 0 aliphatic rings. The van der Waals surface area contributed by atoms with Crippen molar-refractivity contribution in [1.82, 2.24) is 0 Å². The summed E-state index contributed by atoms with van der Waals surface area (Å²) >= 11 is 0. The zero-order valence-electron chi connectivity index (χ0n) is 10.3. The fraction of sp³-hybridized carbons (Fsp3) is 0.125. The molecule has 0 aliphatic heterocycles. The fourth-order valence-corrected chi connectivity index (χ4v) is 2.85. The van der Waals surface area contributed by atoms with Crippen LogP contribution < -0.4 is 0 Å². The molecule has 0 spiro atoms. The maximum absolute atomic E-state index is 5.66. The highest BCUT2D eigenvalue weighted by molar-refractivity contribution is 6.31. The minimum Gasteiger partial charge on any atom is -0.413 e. The number of benzene rings is 2. The van der Waals surface area contributed by atoms with Gasteiger partial charge in [-0.3, -0.25) is 0 Å². The largest absolute Gasteiger partial charge is 0.413 e. The molecule has 0 heterocycles. The molecule has 0 N–H and O–H groups in total. The highest BCUT2D eigenvalue weighted by atomic mass is 28.2. The van der Waals surface area contributed by atoms with E-state index >= 15 is 0 Å². The third-order valence-corrected chi connectivity index (χ3v) is 3.90. The normalized spacial score (nSPS) is 10.5. The predicted molar refractivity (Wildman–Crippen MR) is 76.6 cm³/mol. The van der Waals surface area contributed by atoms with Crippen LogP contribution in [0.2, 0.25) is 0 Å². The van der Waals surface area contributed by atoms with Crippen molar-refractivity contribution in [2.75, 3.05) is 6.61 Å². The van der Waals surface area contributed by atoms with Gasteiger partial charge in [0.2, 0.25) is 9.76 Å². The maximum atomic E-state index is 5.66. The first-order valence-electron chi connectivity index (χ1n) is 6.00. The lowest BCUT2D eigenvalue weighted by molar-refractivity contribution is 0.381. The fourth-order valence-electron chi connectivity index (χ4n) is 1.81. The first-order chi connectivity index (χ1) is 8.92. The lowest BCUT2D eigenvalue weighted by atomic mass is 10.0. The molecule has 0 aromatic heterocycles. The molecule has 2 aromatic rings. The molecule has 0 aliphatic carbocycles. The Bertz CT molecular complexity index is 427. The molecule has 2 radical (unpaired) electrons. The zero-order chi connectivity index (χ0) is 12.6. The summed E-state index contributed by atoms with van der Waals surface area (Å²) in [6, 6.07) is 21.0. The van der Waals surface area contributed by atoms with E-state index in [2.05, 4.69) is 55.1 Å². The first kappa shape index (κ1) is 12.8. The molecule has 0 amide bonds. The van der Waals surface area contributed by atoms with Crippen LogP contribution in [-0.4, -0.2) is 16.4 Å². The molecule has 90 valence electrons.